The number of rotatable bonds is 6. The zero-order valence-corrected chi connectivity index (χ0v) is 11.1. The third-order valence-corrected chi connectivity index (χ3v) is 2.76. The van der Waals surface area contributed by atoms with Crippen LogP contribution in [-0.4, -0.2) is 23.7 Å². The van der Waals surface area contributed by atoms with Crippen LogP contribution < -0.4 is 5.32 Å². The summed E-state index contributed by atoms with van der Waals surface area (Å²) in [7, 11) is 0. The molecule has 0 aliphatic rings. The zero-order valence-electron chi connectivity index (χ0n) is 11.1. The van der Waals surface area contributed by atoms with E-state index in [1.807, 2.05) is 19.9 Å². The summed E-state index contributed by atoms with van der Waals surface area (Å²) >= 11 is 0. The van der Waals surface area contributed by atoms with E-state index in [0.717, 1.165) is 0 Å². The molecule has 1 aromatic rings. The van der Waals surface area contributed by atoms with Crippen LogP contribution in [0.5, 0.6) is 0 Å². The largest absolute Gasteiger partial charge is 0.465 e. The molecule has 5 nitrogen and oxygen atoms in total. The highest BCUT2D eigenvalue weighted by atomic mass is 16.3. The predicted octanol–water partition coefficient (Wildman–Crippen LogP) is 1.71. The summed E-state index contributed by atoms with van der Waals surface area (Å²) in [5.41, 5.74) is -0.0152. The average molecular weight is 262 g/mol. The maximum absolute atomic E-state index is 12.0. The monoisotopic (exact) mass is 262 g/mol. The topological polar surface area (TPSA) is 86.3 Å². The van der Waals surface area contributed by atoms with E-state index < -0.39 is 5.91 Å². The average Bonchev–Trinajstić information content (AvgIpc) is 2.87. The molecule has 0 spiro atoms. The van der Waals surface area contributed by atoms with Crippen LogP contribution in [-0.2, 0) is 4.79 Å². The molecule has 19 heavy (non-hydrogen) atoms. The fourth-order valence-electron chi connectivity index (χ4n) is 1.62. The molecule has 5 heteroatoms. The number of amides is 1. The molecule has 0 bridgehead atoms. The van der Waals surface area contributed by atoms with Crippen LogP contribution in [0.2, 0.25) is 0 Å². The fourth-order valence-corrected chi connectivity index (χ4v) is 1.62. The van der Waals surface area contributed by atoms with Crippen molar-refractivity contribution in [1.82, 2.24) is 5.32 Å². The first-order valence-electron chi connectivity index (χ1n) is 6.15. The van der Waals surface area contributed by atoms with Crippen molar-refractivity contribution in [2.45, 2.75) is 26.3 Å². The molecule has 0 aromatic carbocycles. The van der Waals surface area contributed by atoms with Crippen LogP contribution in [0.15, 0.2) is 28.4 Å². The van der Waals surface area contributed by atoms with Gasteiger partial charge in [-0.3, -0.25) is 4.79 Å². The van der Waals surface area contributed by atoms with Crippen LogP contribution in [0, 0.1) is 17.2 Å². The molecule has 1 rings (SSSR count). The van der Waals surface area contributed by atoms with Crippen LogP contribution >= 0.6 is 0 Å². The molecule has 0 saturated carbocycles. The lowest BCUT2D eigenvalue weighted by Gasteiger charge is -2.21. The molecule has 0 radical (unpaired) electrons. The Morgan fingerprint density at radius 2 is 2.37 bits per heavy atom. The van der Waals surface area contributed by atoms with Gasteiger partial charge in [0.05, 0.1) is 6.26 Å². The number of hydrogen-bond donors (Lipinski definition) is 2. The van der Waals surface area contributed by atoms with Gasteiger partial charge in [0, 0.05) is 18.7 Å². The van der Waals surface area contributed by atoms with Crippen molar-refractivity contribution in [3.63, 3.8) is 0 Å². The highest BCUT2D eigenvalue weighted by Gasteiger charge is 2.18. The van der Waals surface area contributed by atoms with Crippen LogP contribution in [0.1, 0.15) is 26.0 Å². The van der Waals surface area contributed by atoms with Crippen molar-refractivity contribution in [3.05, 3.63) is 29.7 Å². The van der Waals surface area contributed by atoms with E-state index in [2.05, 4.69) is 5.32 Å². The van der Waals surface area contributed by atoms with Gasteiger partial charge < -0.3 is 14.8 Å². The predicted molar refractivity (Wildman–Crippen MR) is 70.8 cm³/mol. The lowest BCUT2D eigenvalue weighted by molar-refractivity contribution is -0.118. The van der Waals surface area contributed by atoms with E-state index in [9.17, 15) is 4.79 Å². The summed E-state index contributed by atoms with van der Waals surface area (Å²) in [5, 5.41) is 20.7. The van der Waals surface area contributed by atoms with Crippen molar-refractivity contribution in [3.8, 4) is 6.07 Å². The minimum absolute atomic E-state index is 0.00703. The second-order valence-corrected chi connectivity index (χ2v) is 4.52. The third kappa shape index (κ3) is 4.60. The highest BCUT2D eigenvalue weighted by molar-refractivity contribution is 6.01. The number of nitrogens with one attached hydrogen (secondary N) is 1. The molecule has 0 saturated heterocycles. The first-order valence-corrected chi connectivity index (χ1v) is 6.15. The third-order valence-electron chi connectivity index (χ3n) is 2.76. The highest BCUT2D eigenvalue weighted by Crippen LogP contribution is 2.10. The Kier molecular flexibility index (Phi) is 5.83. The van der Waals surface area contributed by atoms with Crippen LogP contribution in [0.25, 0.3) is 6.08 Å². The first-order chi connectivity index (χ1) is 9.08. The number of carbonyl (C=O) groups is 1. The van der Waals surface area contributed by atoms with E-state index in [-0.39, 0.29) is 24.1 Å². The van der Waals surface area contributed by atoms with Crippen molar-refractivity contribution in [2.24, 2.45) is 5.92 Å². The minimum Gasteiger partial charge on any atom is -0.465 e. The number of carbonyl (C=O) groups excluding carboxylic acids is 1. The van der Waals surface area contributed by atoms with E-state index in [4.69, 9.17) is 14.8 Å². The van der Waals surface area contributed by atoms with Gasteiger partial charge in [0.15, 0.2) is 0 Å². The Balaban J connectivity index is 2.77. The standard InChI is InChI=1S/C14H18N2O3/c1-10(2)13(5-6-17)16-14(18)11(9-15)8-12-4-3-7-19-12/h3-4,7-8,10,13,17H,5-6H2,1-2H3,(H,16,18)/b11-8+. The Labute approximate surface area is 112 Å². The van der Waals surface area contributed by atoms with Gasteiger partial charge in [0.25, 0.3) is 5.91 Å². The lowest BCUT2D eigenvalue weighted by Crippen LogP contribution is -2.39. The van der Waals surface area contributed by atoms with E-state index in [1.54, 1.807) is 12.1 Å². The minimum atomic E-state index is -0.453. The van der Waals surface area contributed by atoms with Gasteiger partial charge in [-0.15, -0.1) is 0 Å². The van der Waals surface area contributed by atoms with Crippen molar-refractivity contribution in [1.29, 1.82) is 5.26 Å². The summed E-state index contributed by atoms with van der Waals surface area (Å²) in [5.74, 6) is 0.181. The van der Waals surface area contributed by atoms with Crippen molar-refractivity contribution in [2.75, 3.05) is 6.61 Å². The number of furan rings is 1. The Hall–Kier alpha value is -2.06. The van der Waals surface area contributed by atoms with Gasteiger partial charge in [-0.05, 0) is 24.5 Å². The number of aliphatic hydroxyl groups excluding tert-OH is 1. The van der Waals surface area contributed by atoms with Crippen molar-refractivity contribution >= 4 is 12.0 Å². The summed E-state index contributed by atoms with van der Waals surface area (Å²) in [6.07, 6.45) is 3.33. The van der Waals surface area contributed by atoms with Gasteiger partial charge in [0.2, 0.25) is 0 Å². The van der Waals surface area contributed by atoms with Gasteiger partial charge >= 0.3 is 0 Å². The lowest BCUT2D eigenvalue weighted by atomic mass is 10.0. The molecule has 102 valence electrons. The molecule has 0 aliphatic carbocycles. The van der Waals surface area contributed by atoms with Gasteiger partial charge in [0.1, 0.15) is 17.4 Å². The van der Waals surface area contributed by atoms with E-state index in [0.29, 0.717) is 12.2 Å². The second kappa shape index (κ2) is 7.39. The molecule has 2 N–H and O–H groups in total. The number of hydrogen-bond acceptors (Lipinski definition) is 4. The van der Waals surface area contributed by atoms with Crippen molar-refractivity contribution < 1.29 is 14.3 Å². The number of nitriles is 1. The Bertz CT molecular complexity index is 469. The van der Waals surface area contributed by atoms with Gasteiger partial charge in [-0.25, -0.2) is 0 Å². The van der Waals surface area contributed by atoms with Gasteiger partial charge in [-0.2, -0.15) is 5.26 Å². The Morgan fingerprint density at radius 1 is 1.63 bits per heavy atom. The first kappa shape index (κ1) is 15.0. The zero-order chi connectivity index (χ0) is 14.3. The molecule has 1 heterocycles. The van der Waals surface area contributed by atoms with E-state index >= 15 is 0 Å². The number of aliphatic hydroxyl groups is 1. The van der Waals surface area contributed by atoms with Crippen LogP contribution in [0.3, 0.4) is 0 Å². The summed E-state index contributed by atoms with van der Waals surface area (Å²) < 4.78 is 5.07. The SMILES string of the molecule is CC(C)C(CCO)NC(=O)/C(C#N)=C/c1ccco1. The maximum atomic E-state index is 12.0. The second-order valence-electron chi connectivity index (χ2n) is 4.52. The Morgan fingerprint density at radius 3 is 2.84 bits per heavy atom. The number of nitrogens with zero attached hydrogens (tertiary/aromatic N) is 1. The molecule has 1 aromatic heterocycles. The molecular weight excluding hydrogens is 244 g/mol. The molecule has 1 atom stereocenters. The van der Waals surface area contributed by atoms with Crippen LogP contribution in [0.4, 0.5) is 0 Å². The molecule has 0 aliphatic heterocycles. The summed E-state index contributed by atoms with van der Waals surface area (Å²) in [6, 6.07) is 5.04. The summed E-state index contributed by atoms with van der Waals surface area (Å²) in [6.45, 7) is 3.89. The molecule has 1 unspecified atom stereocenters. The van der Waals surface area contributed by atoms with E-state index in [1.165, 1.54) is 12.3 Å². The van der Waals surface area contributed by atoms with Gasteiger partial charge in [-0.1, -0.05) is 13.8 Å². The quantitative estimate of drug-likeness (QED) is 0.603. The fraction of sp³-hybridized carbons (Fsp3) is 0.429. The molecule has 0 fully saturated rings. The molecular formula is C14H18N2O3. The smallest absolute Gasteiger partial charge is 0.262 e. The normalized spacial score (nSPS) is 13.1. The maximum Gasteiger partial charge on any atom is 0.262 e. The molecule has 1 amide bonds. The summed E-state index contributed by atoms with van der Waals surface area (Å²) in [4.78, 5) is 12.0.